The number of carboxylic acid groups (broad SMARTS) is 1. The van der Waals surface area contributed by atoms with Crippen molar-refractivity contribution in [1.29, 1.82) is 0 Å². The van der Waals surface area contributed by atoms with E-state index in [4.69, 9.17) is 7.48 Å². The van der Waals surface area contributed by atoms with Crippen molar-refractivity contribution in [3.63, 3.8) is 0 Å². The van der Waals surface area contributed by atoms with Crippen molar-refractivity contribution in [2.75, 3.05) is 13.7 Å². The van der Waals surface area contributed by atoms with E-state index in [0.29, 0.717) is 0 Å². The maximum atomic E-state index is 11.5. The van der Waals surface area contributed by atoms with Crippen LogP contribution < -0.4 is 29.3 Å². The summed E-state index contributed by atoms with van der Waals surface area (Å²) >= 11 is 0. The van der Waals surface area contributed by atoms with Gasteiger partial charge >= 0.3 is 25.0 Å². The number of carbonyl (C=O) groups excluding carboxylic acids is 2. The number of ether oxygens (including phenoxy) is 2. The van der Waals surface area contributed by atoms with Gasteiger partial charge in [-0.1, -0.05) is 0 Å². The van der Waals surface area contributed by atoms with E-state index in [1.165, 1.54) is 0 Å². The van der Waals surface area contributed by atoms with Gasteiger partial charge in [-0.3, -0.25) is 0 Å². The van der Waals surface area contributed by atoms with Crippen LogP contribution >= 0.6 is 0 Å². The molecule has 0 aromatic carbocycles. The Morgan fingerprint density at radius 1 is 1.41 bits per heavy atom. The summed E-state index contributed by atoms with van der Waals surface area (Å²) in [7, 11) is -0.481. The molecule has 0 aromatic rings. The zero-order valence-corrected chi connectivity index (χ0v) is 10.7. The third-order valence-corrected chi connectivity index (χ3v) is 1.48. The first-order valence-corrected chi connectivity index (χ1v) is 4.56. The molecular weight excluding hydrogens is 221 g/mol. The number of alkyl carbamates (subject to hydrolysis) is 1. The minimum Gasteiger partial charge on any atom is -0.547 e. The van der Waals surface area contributed by atoms with E-state index in [0.717, 1.165) is 0 Å². The molecule has 0 unspecified atom stereocenters. The number of hydrogen-bond acceptors (Lipinski definition) is 5. The van der Waals surface area contributed by atoms with Crippen LogP contribution in [0.15, 0.2) is 0 Å². The Morgan fingerprint density at radius 2 is 2.00 bits per heavy atom. The second-order valence-corrected chi connectivity index (χ2v) is 4.34. The Labute approximate surface area is 116 Å². The number of carboxylic acids is 1. The molecule has 7 heteroatoms. The smallest absolute Gasteiger partial charge is 0.547 e. The van der Waals surface area contributed by atoms with Gasteiger partial charge in [-0.15, -0.1) is 0 Å². The van der Waals surface area contributed by atoms with Crippen LogP contribution in [0, 0.1) is 0 Å². The molecule has 17 heavy (non-hydrogen) atoms. The van der Waals surface area contributed by atoms with E-state index in [-0.39, 0.29) is 18.9 Å². The third-order valence-electron chi connectivity index (χ3n) is 1.48. The summed E-state index contributed by atoms with van der Waals surface area (Å²) in [6.07, 6.45) is -0.979. The van der Waals surface area contributed by atoms with Crippen molar-refractivity contribution in [3.05, 3.63) is 0 Å². The van der Waals surface area contributed by atoms with Gasteiger partial charge in [-0.25, -0.2) is 4.79 Å². The molecule has 0 saturated heterocycles. The molecule has 0 aliphatic rings. The number of hydrogen-bond donors (Lipinski definition) is 1. The molecule has 0 aliphatic carbocycles. The minimum atomic E-state index is -2.01. The van der Waals surface area contributed by atoms with E-state index < -0.39 is 43.8 Å². The maximum absolute atomic E-state index is 11.5. The molecular formula is C10H18LiNO5. The zero-order chi connectivity index (χ0) is 14.4. The first-order valence-electron chi connectivity index (χ1n) is 5.97. The molecule has 6 nitrogen and oxygen atoms in total. The monoisotopic (exact) mass is 241 g/mol. The van der Waals surface area contributed by atoms with Crippen LogP contribution in [0.4, 0.5) is 4.79 Å². The number of amides is 1. The van der Waals surface area contributed by atoms with E-state index in [1.807, 2.05) is 0 Å². The van der Waals surface area contributed by atoms with Gasteiger partial charge in [0.25, 0.3) is 0 Å². The largest absolute Gasteiger partial charge is 1.00 e. The minimum absolute atomic E-state index is 0. The number of aliphatic carboxylic acids is 1. The molecule has 0 radical (unpaired) electrons. The number of carbonyl (C=O) groups is 2. The predicted molar refractivity (Wildman–Crippen MR) is 54.7 cm³/mol. The number of rotatable bonds is 4. The van der Waals surface area contributed by atoms with Gasteiger partial charge in [0.05, 0.1) is 13.9 Å². The van der Waals surface area contributed by atoms with Crippen LogP contribution in [0.3, 0.4) is 0 Å². The summed E-state index contributed by atoms with van der Waals surface area (Å²) in [6, 6.07) is 0. The average molecular weight is 241 g/mol. The van der Waals surface area contributed by atoms with Crippen molar-refractivity contribution < 1.29 is 45.8 Å². The molecule has 1 amide bonds. The summed E-state index contributed by atoms with van der Waals surface area (Å²) < 4.78 is 23.5. The molecule has 0 aliphatic heterocycles. The van der Waals surface area contributed by atoms with Crippen LogP contribution in [0.5, 0.6) is 0 Å². The summed E-state index contributed by atoms with van der Waals surface area (Å²) in [5.41, 5.74) is -2.80. The Bertz CT molecular complexity index is 311. The van der Waals surface area contributed by atoms with Crippen molar-refractivity contribution in [1.82, 2.24) is 5.32 Å². The van der Waals surface area contributed by atoms with Gasteiger partial charge in [0, 0.05) is 8.46 Å². The molecule has 0 spiro atoms. The quantitative estimate of drug-likeness (QED) is 0.520. The van der Waals surface area contributed by atoms with E-state index in [1.54, 1.807) is 20.8 Å². The van der Waals surface area contributed by atoms with Gasteiger partial charge in [0.15, 0.2) is 0 Å². The second-order valence-electron chi connectivity index (χ2n) is 4.34. The van der Waals surface area contributed by atoms with Crippen molar-refractivity contribution >= 4 is 12.1 Å². The fourth-order valence-electron chi connectivity index (χ4n) is 0.819. The maximum Gasteiger partial charge on any atom is 1.00 e. The van der Waals surface area contributed by atoms with Gasteiger partial charge < -0.3 is 24.7 Å². The van der Waals surface area contributed by atoms with Crippen molar-refractivity contribution in [3.8, 4) is 0 Å². The van der Waals surface area contributed by atoms with Crippen LogP contribution in [-0.4, -0.2) is 36.9 Å². The van der Waals surface area contributed by atoms with Crippen molar-refractivity contribution in [2.45, 2.75) is 38.8 Å². The molecule has 1 atom stereocenters. The molecule has 0 bridgehead atoms. The topological polar surface area (TPSA) is 87.7 Å². The van der Waals surface area contributed by atoms with Gasteiger partial charge in [-0.05, 0) is 27.7 Å². The predicted octanol–water partition coefficient (Wildman–Crippen LogP) is -3.33. The Kier molecular flexibility index (Phi) is 5.82. The van der Waals surface area contributed by atoms with Gasteiger partial charge in [0.1, 0.15) is 11.1 Å². The molecule has 0 fully saturated rings. The normalized spacial score (nSPS) is 15.7. The Hall–Kier alpha value is -0.703. The molecule has 0 heterocycles. The fraction of sp³-hybridized carbons (Fsp3) is 0.800. The third kappa shape index (κ3) is 7.26. The van der Waals surface area contributed by atoms with E-state index in [9.17, 15) is 14.7 Å². The fourth-order valence-corrected chi connectivity index (χ4v) is 0.819. The van der Waals surface area contributed by atoms with Gasteiger partial charge in [0.2, 0.25) is 0 Å². The van der Waals surface area contributed by atoms with Crippen LogP contribution in [0.1, 0.15) is 30.4 Å². The standard InChI is InChI=1S/C10H19NO5.Li/c1-9(2,3)16-8(14)11-10(4,6-15-5)7(12)13;/h6H2,1-5H3,(H,11,14)(H,12,13);/q;+1/p-1/t10-;/m0./s1/i4D,5D;. The second kappa shape index (κ2) is 6.89. The molecule has 1 N–H and O–H groups in total. The summed E-state index contributed by atoms with van der Waals surface area (Å²) in [4.78, 5) is 22.5. The number of nitrogens with one attached hydrogen (secondary N) is 1. The van der Waals surface area contributed by atoms with E-state index >= 15 is 0 Å². The summed E-state index contributed by atoms with van der Waals surface area (Å²) in [6.45, 7) is 3.65. The van der Waals surface area contributed by atoms with E-state index in [2.05, 4.69) is 10.1 Å². The van der Waals surface area contributed by atoms with Crippen molar-refractivity contribution in [2.24, 2.45) is 0 Å². The Balaban J connectivity index is 0. The molecule has 0 rings (SSSR count). The van der Waals surface area contributed by atoms with Crippen LogP contribution in [0.25, 0.3) is 0 Å². The summed E-state index contributed by atoms with van der Waals surface area (Å²) in [5, 5.41) is 13.1. The number of methoxy groups -OCH3 is 1. The first-order chi connectivity index (χ1) is 8.17. The molecule has 94 valence electrons. The summed E-state index contributed by atoms with van der Waals surface area (Å²) in [5.74, 6) is -1.66. The average Bonchev–Trinajstić information content (AvgIpc) is 2.21. The van der Waals surface area contributed by atoms with Gasteiger partial charge in [-0.2, -0.15) is 0 Å². The SMILES string of the molecule is [2H]COC[C@](C[2H])(NC(=O)OC(C)(C)C)C(=O)[O-].[Li+]. The Morgan fingerprint density at radius 3 is 2.35 bits per heavy atom. The van der Waals surface area contributed by atoms with Crippen LogP contribution in [0.2, 0.25) is 0 Å². The van der Waals surface area contributed by atoms with Crippen LogP contribution in [-0.2, 0) is 14.3 Å². The molecule has 0 saturated carbocycles. The molecule has 0 aromatic heterocycles. The zero-order valence-electron chi connectivity index (χ0n) is 12.7. The first kappa shape index (κ1) is 14.4.